The Balaban J connectivity index is 3.12. The van der Waals surface area contributed by atoms with Crippen LogP contribution in [-0.2, 0) is 4.74 Å². The first-order valence-corrected chi connectivity index (χ1v) is 4.09. The van der Waals surface area contributed by atoms with Crippen molar-refractivity contribution < 1.29 is 9.53 Å². The number of nitrogens with two attached hydrogens (primary N) is 1. The van der Waals surface area contributed by atoms with Crippen molar-refractivity contribution in [3.8, 4) is 0 Å². The number of rotatable bonds is 2. The smallest absolute Gasteiger partial charge is 0.337 e. The van der Waals surface area contributed by atoms with E-state index in [1.54, 1.807) is 19.1 Å². The molecule has 3 N–H and O–H groups in total. The molecule has 0 heterocycles. The highest BCUT2D eigenvalue weighted by Gasteiger charge is 2.08. The van der Waals surface area contributed by atoms with Crippen LogP contribution in [0.1, 0.15) is 22.8 Å². The van der Waals surface area contributed by atoms with Crippen molar-refractivity contribution in [1.82, 2.24) is 0 Å². The molecule has 0 saturated heterocycles. The fraction of sp³-hybridized carbons (Fsp3) is 0.200. The number of methoxy groups -OCH3 is 1. The summed E-state index contributed by atoms with van der Waals surface area (Å²) in [6.07, 6.45) is 0. The SMILES string of the molecule is COC(=O)c1ccc(C(C)=N)c(N)c1. The molecule has 0 aliphatic rings. The molecule has 0 unspecified atom stereocenters. The van der Waals surface area contributed by atoms with Gasteiger partial charge in [-0.05, 0) is 19.1 Å². The van der Waals surface area contributed by atoms with Crippen LogP contribution in [0.5, 0.6) is 0 Å². The van der Waals surface area contributed by atoms with Crippen LogP contribution in [0.3, 0.4) is 0 Å². The molecule has 0 atom stereocenters. The summed E-state index contributed by atoms with van der Waals surface area (Å²) in [6.45, 7) is 1.64. The van der Waals surface area contributed by atoms with Crippen molar-refractivity contribution in [2.75, 3.05) is 12.8 Å². The van der Waals surface area contributed by atoms with Gasteiger partial charge < -0.3 is 15.9 Å². The molecule has 0 aliphatic carbocycles. The first-order valence-electron chi connectivity index (χ1n) is 4.09. The summed E-state index contributed by atoms with van der Waals surface area (Å²) in [4.78, 5) is 11.1. The van der Waals surface area contributed by atoms with Gasteiger partial charge in [-0.15, -0.1) is 0 Å². The molecular weight excluding hydrogens is 180 g/mol. The van der Waals surface area contributed by atoms with Gasteiger partial charge in [-0.3, -0.25) is 0 Å². The molecule has 4 nitrogen and oxygen atoms in total. The van der Waals surface area contributed by atoms with E-state index in [-0.39, 0.29) is 0 Å². The molecule has 0 aromatic heterocycles. The van der Waals surface area contributed by atoms with Gasteiger partial charge in [-0.2, -0.15) is 0 Å². The van der Waals surface area contributed by atoms with Crippen molar-refractivity contribution in [2.24, 2.45) is 0 Å². The molecular formula is C10H12N2O2. The van der Waals surface area contributed by atoms with Gasteiger partial charge in [0.1, 0.15) is 0 Å². The van der Waals surface area contributed by atoms with E-state index in [1.807, 2.05) is 0 Å². The minimum Gasteiger partial charge on any atom is -0.465 e. The predicted octanol–water partition coefficient (Wildman–Crippen LogP) is 1.44. The van der Waals surface area contributed by atoms with E-state index in [0.717, 1.165) is 0 Å². The quantitative estimate of drug-likeness (QED) is 0.423. The third-order valence-electron chi connectivity index (χ3n) is 1.88. The molecule has 0 aliphatic heterocycles. The van der Waals surface area contributed by atoms with Crippen molar-refractivity contribution >= 4 is 17.4 Å². The molecule has 0 saturated carbocycles. The Kier molecular flexibility index (Phi) is 2.86. The summed E-state index contributed by atoms with van der Waals surface area (Å²) >= 11 is 0. The second-order valence-electron chi connectivity index (χ2n) is 2.92. The van der Waals surface area contributed by atoms with Crippen LogP contribution in [0.25, 0.3) is 0 Å². The number of benzene rings is 1. The van der Waals surface area contributed by atoms with Crippen LogP contribution < -0.4 is 5.73 Å². The molecule has 74 valence electrons. The van der Waals surface area contributed by atoms with Crippen LogP contribution in [0.15, 0.2) is 18.2 Å². The van der Waals surface area contributed by atoms with Gasteiger partial charge in [-0.1, -0.05) is 6.07 Å². The predicted molar refractivity (Wildman–Crippen MR) is 54.7 cm³/mol. The lowest BCUT2D eigenvalue weighted by atomic mass is 10.1. The molecule has 1 aromatic rings. The van der Waals surface area contributed by atoms with Crippen molar-refractivity contribution in [3.05, 3.63) is 29.3 Å². The number of carbonyl (C=O) groups is 1. The Bertz CT molecular complexity index is 386. The Morgan fingerprint density at radius 2 is 2.14 bits per heavy atom. The Morgan fingerprint density at radius 1 is 1.50 bits per heavy atom. The topological polar surface area (TPSA) is 76.2 Å². The van der Waals surface area contributed by atoms with Gasteiger partial charge in [-0.25, -0.2) is 4.79 Å². The fourth-order valence-corrected chi connectivity index (χ4v) is 1.15. The van der Waals surface area contributed by atoms with Crippen molar-refractivity contribution in [3.63, 3.8) is 0 Å². The van der Waals surface area contributed by atoms with E-state index < -0.39 is 5.97 Å². The van der Waals surface area contributed by atoms with E-state index in [1.165, 1.54) is 13.2 Å². The van der Waals surface area contributed by atoms with Crippen LogP contribution in [0.2, 0.25) is 0 Å². The lowest BCUT2D eigenvalue weighted by molar-refractivity contribution is 0.0601. The minimum absolute atomic E-state index is 0.374. The molecule has 0 radical (unpaired) electrons. The first kappa shape index (κ1) is 10.2. The van der Waals surface area contributed by atoms with E-state index in [9.17, 15) is 4.79 Å². The molecule has 0 fully saturated rings. The summed E-state index contributed by atoms with van der Waals surface area (Å²) in [5.41, 5.74) is 7.49. The molecule has 1 rings (SSSR count). The van der Waals surface area contributed by atoms with Crippen molar-refractivity contribution in [2.45, 2.75) is 6.92 Å². The van der Waals surface area contributed by atoms with E-state index in [4.69, 9.17) is 11.1 Å². The zero-order valence-electron chi connectivity index (χ0n) is 8.13. The van der Waals surface area contributed by atoms with Crippen LogP contribution in [0.4, 0.5) is 5.69 Å². The molecule has 1 aromatic carbocycles. The van der Waals surface area contributed by atoms with Gasteiger partial charge in [0, 0.05) is 17.0 Å². The first-order chi connectivity index (χ1) is 6.56. The summed E-state index contributed by atoms with van der Waals surface area (Å²) < 4.78 is 4.54. The maximum atomic E-state index is 11.1. The van der Waals surface area contributed by atoms with Crippen LogP contribution in [-0.4, -0.2) is 18.8 Å². The summed E-state index contributed by atoms with van der Waals surface area (Å²) in [7, 11) is 1.31. The summed E-state index contributed by atoms with van der Waals surface area (Å²) in [6, 6.07) is 4.75. The standard InChI is InChI=1S/C10H12N2O2/c1-6(11)8-4-3-7(5-9(8)12)10(13)14-2/h3-5,11H,12H2,1-2H3. The zero-order valence-corrected chi connectivity index (χ0v) is 8.13. The van der Waals surface area contributed by atoms with Gasteiger partial charge in [0.25, 0.3) is 0 Å². The molecule has 0 amide bonds. The largest absolute Gasteiger partial charge is 0.465 e. The zero-order chi connectivity index (χ0) is 10.7. The maximum absolute atomic E-state index is 11.1. The lowest BCUT2D eigenvalue weighted by Gasteiger charge is -2.05. The summed E-state index contributed by atoms with van der Waals surface area (Å²) in [5, 5.41) is 7.40. The average molecular weight is 192 g/mol. The number of nitrogen functional groups attached to an aromatic ring is 1. The second-order valence-corrected chi connectivity index (χ2v) is 2.92. The second kappa shape index (κ2) is 3.91. The van der Waals surface area contributed by atoms with E-state index in [0.29, 0.717) is 22.5 Å². The molecule has 14 heavy (non-hydrogen) atoms. The number of esters is 1. The number of hydrogen-bond acceptors (Lipinski definition) is 4. The Morgan fingerprint density at radius 3 is 2.57 bits per heavy atom. The third-order valence-corrected chi connectivity index (χ3v) is 1.88. The van der Waals surface area contributed by atoms with E-state index >= 15 is 0 Å². The highest BCUT2D eigenvalue weighted by atomic mass is 16.5. The van der Waals surface area contributed by atoms with Crippen molar-refractivity contribution in [1.29, 1.82) is 5.41 Å². The monoisotopic (exact) mass is 192 g/mol. The molecule has 4 heteroatoms. The maximum Gasteiger partial charge on any atom is 0.337 e. The van der Waals surface area contributed by atoms with Gasteiger partial charge in [0.05, 0.1) is 12.7 Å². The fourth-order valence-electron chi connectivity index (χ4n) is 1.15. The Labute approximate surface area is 82.2 Å². The van der Waals surface area contributed by atoms with Crippen LogP contribution >= 0.6 is 0 Å². The van der Waals surface area contributed by atoms with Gasteiger partial charge in [0.15, 0.2) is 0 Å². The van der Waals surface area contributed by atoms with Crippen LogP contribution in [0, 0.1) is 5.41 Å². The number of nitrogens with one attached hydrogen (secondary N) is 1. The van der Waals surface area contributed by atoms with E-state index in [2.05, 4.69) is 4.74 Å². The number of hydrogen-bond donors (Lipinski definition) is 2. The van der Waals surface area contributed by atoms with Gasteiger partial charge in [0.2, 0.25) is 0 Å². The highest BCUT2D eigenvalue weighted by molar-refractivity contribution is 6.02. The molecule has 0 bridgehead atoms. The highest BCUT2D eigenvalue weighted by Crippen LogP contribution is 2.15. The number of ether oxygens (including phenoxy) is 1. The molecule has 0 spiro atoms. The average Bonchev–Trinajstić information content (AvgIpc) is 2.15. The minimum atomic E-state index is -0.425. The third kappa shape index (κ3) is 1.90. The number of anilines is 1. The number of carbonyl (C=O) groups excluding carboxylic acids is 1. The normalized spacial score (nSPS) is 9.57. The lowest BCUT2D eigenvalue weighted by Crippen LogP contribution is -2.05. The van der Waals surface area contributed by atoms with Gasteiger partial charge >= 0.3 is 5.97 Å². The summed E-state index contributed by atoms with van der Waals surface area (Å²) in [5.74, 6) is -0.425. The Hall–Kier alpha value is -1.84.